The zero-order chi connectivity index (χ0) is 16.3. The highest BCUT2D eigenvalue weighted by Gasteiger charge is 2.45. The molecular weight excluding hydrogens is 294 g/mol. The molecule has 0 spiro atoms. The molecular formula is C21H25NSi. The average Bonchev–Trinajstić information content (AvgIpc) is 3.08. The van der Waals surface area contributed by atoms with Crippen LogP contribution in [0.15, 0.2) is 85.0 Å². The summed E-state index contributed by atoms with van der Waals surface area (Å²) in [6.07, 6.45) is 9.07. The van der Waals surface area contributed by atoms with E-state index in [4.69, 9.17) is 0 Å². The van der Waals surface area contributed by atoms with Gasteiger partial charge in [-0.25, -0.2) is 0 Å². The molecule has 2 heteroatoms. The van der Waals surface area contributed by atoms with Crippen molar-refractivity contribution in [3.8, 4) is 0 Å². The highest BCUT2D eigenvalue weighted by molar-refractivity contribution is 7.02. The molecule has 1 N–H and O–H groups in total. The fourth-order valence-electron chi connectivity index (χ4n) is 3.49. The number of nitrogens with one attached hydrogen (secondary N) is 1. The fourth-order valence-corrected chi connectivity index (χ4v) is 8.47. The molecule has 2 aromatic rings. The first-order valence-corrected chi connectivity index (χ1v) is 10.4. The molecule has 118 valence electrons. The molecule has 1 nitrogen and oxygen atoms in total. The highest BCUT2D eigenvalue weighted by Crippen LogP contribution is 2.28. The van der Waals surface area contributed by atoms with Crippen molar-refractivity contribution in [3.05, 3.63) is 85.0 Å². The maximum absolute atomic E-state index is 4.08. The number of rotatable bonds is 4. The third kappa shape index (κ3) is 3.24. The van der Waals surface area contributed by atoms with Gasteiger partial charge in [0.25, 0.3) is 0 Å². The molecule has 0 aliphatic heterocycles. The first-order valence-electron chi connectivity index (χ1n) is 8.28. The first-order chi connectivity index (χ1) is 11.0. The van der Waals surface area contributed by atoms with Crippen LogP contribution in [-0.2, 0) is 0 Å². The summed E-state index contributed by atoms with van der Waals surface area (Å²) in [4.78, 5) is 4.08. The van der Waals surface area contributed by atoms with Crippen LogP contribution in [0.25, 0.3) is 0 Å². The molecule has 2 aromatic carbocycles. The van der Waals surface area contributed by atoms with Crippen molar-refractivity contribution >= 4 is 18.6 Å². The SMILES string of the molecule is CC(C)(C)N[Si](c1ccccc1)(c1ccccc1)C1C=CC=C1. The molecule has 0 amide bonds. The second-order valence-corrected chi connectivity index (χ2v) is 10.9. The van der Waals surface area contributed by atoms with Gasteiger partial charge < -0.3 is 4.98 Å². The summed E-state index contributed by atoms with van der Waals surface area (Å²) >= 11 is 0. The van der Waals surface area contributed by atoms with Gasteiger partial charge in [-0.15, -0.1) is 0 Å². The molecule has 0 aromatic heterocycles. The van der Waals surface area contributed by atoms with E-state index in [2.05, 4.69) is 111 Å². The predicted molar refractivity (Wildman–Crippen MR) is 103 cm³/mol. The van der Waals surface area contributed by atoms with Crippen LogP contribution in [0.5, 0.6) is 0 Å². The van der Waals surface area contributed by atoms with E-state index >= 15 is 0 Å². The van der Waals surface area contributed by atoms with Gasteiger partial charge in [-0.3, -0.25) is 0 Å². The van der Waals surface area contributed by atoms with E-state index in [-0.39, 0.29) is 5.54 Å². The van der Waals surface area contributed by atoms with Gasteiger partial charge in [0.05, 0.1) is 0 Å². The van der Waals surface area contributed by atoms with Crippen molar-refractivity contribution in [1.82, 2.24) is 4.98 Å². The van der Waals surface area contributed by atoms with Crippen molar-refractivity contribution < 1.29 is 0 Å². The summed E-state index contributed by atoms with van der Waals surface area (Å²) in [5.41, 5.74) is 0.467. The second kappa shape index (κ2) is 6.30. The lowest BCUT2D eigenvalue weighted by Crippen LogP contribution is -2.74. The maximum Gasteiger partial charge on any atom is 0.201 e. The van der Waals surface area contributed by atoms with Crippen molar-refractivity contribution in [2.75, 3.05) is 0 Å². The van der Waals surface area contributed by atoms with Crippen LogP contribution in [0.3, 0.4) is 0 Å². The van der Waals surface area contributed by atoms with E-state index in [1.54, 1.807) is 0 Å². The number of hydrogen-bond donors (Lipinski definition) is 1. The Morgan fingerprint density at radius 1 is 0.739 bits per heavy atom. The number of benzene rings is 2. The van der Waals surface area contributed by atoms with Crippen LogP contribution in [-0.4, -0.2) is 13.8 Å². The number of hydrogen-bond acceptors (Lipinski definition) is 1. The average molecular weight is 320 g/mol. The van der Waals surface area contributed by atoms with E-state index in [1.165, 1.54) is 10.4 Å². The van der Waals surface area contributed by atoms with Crippen LogP contribution in [0.1, 0.15) is 20.8 Å². The van der Waals surface area contributed by atoms with Crippen molar-refractivity contribution in [2.45, 2.75) is 31.9 Å². The van der Waals surface area contributed by atoms with Crippen LogP contribution in [0.2, 0.25) is 5.54 Å². The smallest absolute Gasteiger partial charge is 0.201 e. The fraction of sp³-hybridized carbons (Fsp3) is 0.238. The molecule has 0 saturated carbocycles. The minimum Gasteiger partial charge on any atom is -0.325 e. The largest absolute Gasteiger partial charge is 0.325 e. The molecule has 0 atom stereocenters. The normalized spacial score (nSPS) is 15.3. The molecule has 0 bridgehead atoms. The molecule has 23 heavy (non-hydrogen) atoms. The summed E-state index contributed by atoms with van der Waals surface area (Å²) < 4.78 is 0. The molecule has 0 heterocycles. The van der Waals surface area contributed by atoms with Gasteiger partial charge in [0.15, 0.2) is 0 Å². The van der Waals surface area contributed by atoms with Gasteiger partial charge in [-0.1, -0.05) is 85.0 Å². The molecule has 1 aliphatic rings. The van der Waals surface area contributed by atoms with Crippen LogP contribution < -0.4 is 15.4 Å². The topological polar surface area (TPSA) is 12.0 Å². The lowest BCUT2D eigenvalue weighted by Gasteiger charge is -2.42. The summed E-state index contributed by atoms with van der Waals surface area (Å²) in [5.74, 6) is 0. The van der Waals surface area contributed by atoms with Gasteiger partial charge in [-0.2, -0.15) is 0 Å². The molecule has 0 radical (unpaired) electrons. The standard InChI is InChI=1S/C21H25NSi/c1-21(2,3)22-23(20-16-10-11-17-20,18-12-6-4-7-13-18)19-14-8-5-9-15-19/h4-17,20,22H,1-3H3. The quantitative estimate of drug-likeness (QED) is 0.849. The van der Waals surface area contributed by atoms with E-state index in [0.29, 0.717) is 5.54 Å². The molecule has 3 rings (SSSR count). The summed E-state index contributed by atoms with van der Waals surface area (Å²) in [6.45, 7) is 6.80. The third-order valence-electron chi connectivity index (χ3n) is 4.28. The van der Waals surface area contributed by atoms with Gasteiger partial charge >= 0.3 is 0 Å². The molecule has 0 saturated heterocycles. The Morgan fingerprint density at radius 2 is 1.17 bits per heavy atom. The third-order valence-corrected chi connectivity index (χ3v) is 9.30. The summed E-state index contributed by atoms with van der Waals surface area (Å²) in [6, 6.07) is 22.0. The Kier molecular flexibility index (Phi) is 4.38. The van der Waals surface area contributed by atoms with Crippen molar-refractivity contribution in [2.24, 2.45) is 0 Å². The zero-order valence-electron chi connectivity index (χ0n) is 14.2. The monoisotopic (exact) mass is 319 g/mol. The van der Waals surface area contributed by atoms with E-state index in [0.717, 1.165) is 0 Å². The first kappa shape index (κ1) is 16.0. The van der Waals surface area contributed by atoms with E-state index < -0.39 is 8.24 Å². The zero-order valence-corrected chi connectivity index (χ0v) is 15.2. The Balaban J connectivity index is 2.25. The van der Waals surface area contributed by atoms with Crippen molar-refractivity contribution in [1.29, 1.82) is 0 Å². The van der Waals surface area contributed by atoms with Crippen LogP contribution in [0.4, 0.5) is 0 Å². The lowest BCUT2D eigenvalue weighted by molar-refractivity contribution is 0.514. The van der Waals surface area contributed by atoms with Crippen LogP contribution >= 0.6 is 0 Å². The molecule has 1 aliphatic carbocycles. The van der Waals surface area contributed by atoms with Gasteiger partial charge in [0.2, 0.25) is 8.24 Å². The highest BCUT2D eigenvalue weighted by atomic mass is 28.3. The van der Waals surface area contributed by atoms with Crippen molar-refractivity contribution in [3.63, 3.8) is 0 Å². The maximum atomic E-state index is 4.08. The number of allylic oxidation sites excluding steroid dienone is 4. The van der Waals surface area contributed by atoms with Crippen LogP contribution in [0, 0.1) is 0 Å². The Hall–Kier alpha value is -1.90. The summed E-state index contributed by atoms with van der Waals surface area (Å²) in [7, 11) is -2.17. The van der Waals surface area contributed by atoms with E-state index in [1.807, 2.05) is 0 Å². The minimum atomic E-state index is -2.17. The predicted octanol–water partition coefficient (Wildman–Crippen LogP) is 3.63. The second-order valence-electron chi connectivity index (χ2n) is 7.21. The Labute approximate surface area is 140 Å². The van der Waals surface area contributed by atoms with E-state index in [9.17, 15) is 0 Å². The van der Waals surface area contributed by atoms with Gasteiger partial charge in [0, 0.05) is 11.1 Å². The summed E-state index contributed by atoms with van der Waals surface area (Å²) in [5, 5.41) is 2.87. The molecule has 0 fully saturated rings. The van der Waals surface area contributed by atoms with Gasteiger partial charge in [-0.05, 0) is 31.1 Å². The minimum absolute atomic E-state index is 0.0438. The Bertz CT molecular complexity index is 644. The van der Waals surface area contributed by atoms with Gasteiger partial charge in [0.1, 0.15) is 0 Å². The lowest BCUT2D eigenvalue weighted by atomic mass is 10.1. The Morgan fingerprint density at radius 3 is 1.57 bits per heavy atom. The molecule has 0 unspecified atom stereocenters.